The van der Waals surface area contributed by atoms with Gasteiger partial charge in [0.05, 0.1) is 6.61 Å². The molecule has 0 aliphatic heterocycles. The van der Waals surface area contributed by atoms with E-state index in [9.17, 15) is 14.7 Å². The fourth-order valence-corrected chi connectivity index (χ4v) is 2.73. The summed E-state index contributed by atoms with van der Waals surface area (Å²) in [6, 6.07) is 0. The fourth-order valence-electron chi connectivity index (χ4n) is 2.73. The van der Waals surface area contributed by atoms with E-state index in [1.54, 1.807) is 0 Å². The van der Waals surface area contributed by atoms with Crippen LogP contribution in [0.25, 0.3) is 0 Å². The summed E-state index contributed by atoms with van der Waals surface area (Å²) < 4.78 is 10.3. The Bertz CT molecular complexity index is 343. The van der Waals surface area contributed by atoms with Crippen molar-refractivity contribution in [2.45, 2.75) is 110 Å². The Kier molecular flexibility index (Phi) is 17.9. The van der Waals surface area contributed by atoms with E-state index in [1.165, 1.54) is 32.1 Å². The molecule has 0 fully saturated rings. The molecule has 0 aliphatic rings. The largest absolute Gasteiger partial charge is 0.462 e. The van der Waals surface area contributed by atoms with Crippen molar-refractivity contribution in [2.75, 3.05) is 13.2 Å². The van der Waals surface area contributed by atoms with E-state index in [2.05, 4.69) is 13.8 Å². The maximum Gasteiger partial charge on any atom is 0.306 e. The highest BCUT2D eigenvalue weighted by Crippen LogP contribution is 2.10. The molecule has 26 heavy (non-hydrogen) atoms. The molecule has 1 unspecified atom stereocenters. The van der Waals surface area contributed by atoms with Crippen LogP contribution in [0.4, 0.5) is 0 Å². The number of hydrogen-bond donors (Lipinski definition) is 1. The number of ether oxygens (including phenoxy) is 2. The lowest BCUT2D eigenvalue weighted by Crippen LogP contribution is -2.28. The number of unbranched alkanes of at least 4 members (excludes halogenated alkanes) is 10. The molecule has 0 aromatic rings. The molecule has 5 heteroatoms. The van der Waals surface area contributed by atoms with Crippen LogP contribution in [0, 0.1) is 0 Å². The Labute approximate surface area is 159 Å². The molecular formula is C21H40O5. The molecule has 0 aliphatic carbocycles. The van der Waals surface area contributed by atoms with Crippen molar-refractivity contribution in [3.8, 4) is 0 Å². The summed E-state index contributed by atoms with van der Waals surface area (Å²) >= 11 is 0. The molecule has 0 radical (unpaired) electrons. The average molecular weight is 373 g/mol. The van der Waals surface area contributed by atoms with Crippen molar-refractivity contribution in [1.29, 1.82) is 0 Å². The van der Waals surface area contributed by atoms with Gasteiger partial charge in [-0.3, -0.25) is 9.59 Å². The molecule has 0 rings (SSSR count). The van der Waals surface area contributed by atoms with Crippen molar-refractivity contribution in [1.82, 2.24) is 0 Å². The topological polar surface area (TPSA) is 72.8 Å². The number of esters is 2. The van der Waals surface area contributed by atoms with Gasteiger partial charge in [-0.05, 0) is 12.8 Å². The SMILES string of the molecule is CCCCCCCCCCC(=O)OC(CO)COC(=O)CCCCCC. The number of hydrogen-bond acceptors (Lipinski definition) is 5. The van der Waals surface area contributed by atoms with Crippen LogP contribution in [0.2, 0.25) is 0 Å². The lowest BCUT2D eigenvalue weighted by atomic mass is 10.1. The highest BCUT2D eigenvalue weighted by atomic mass is 16.6. The average Bonchev–Trinajstić information content (AvgIpc) is 2.64. The second-order valence-corrected chi connectivity index (χ2v) is 7.01. The lowest BCUT2D eigenvalue weighted by Gasteiger charge is -2.15. The van der Waals surface area contributed by atoms with Crippen molar-refractivity contribution < 1.29 is 24.2 Å². The van der Waals surface area contributed by atoms with Gasteiger partial charge in [-0.25, -0.2) is 0 Å². The highest BCUT2D eigenvalue weighted by Gasteiger charge is 2.15. The van der Waals surface area contributed by atoms with Crippen LogP contribution in [-0.4, -0.2) is 36.4 Å². The monoisotopic (exact) mass is 372 g/mol. The molecule has 0 bridgehead atoms. The maximum atomic E-state index is 11.8. The van der Waals surface area contributed by atoms with Crippen molar-refractivity contribution in [3.05, 3.63) is 0 Å². The van der Waals surface area contributed by atoms with Gasteiger partial charge in [0.15, 0.2) is 6.10 Å². The third kappa shape index (κ3) is 16.4. The van der Waals surface area contributed by atoms with Gasteiger partial charge in [-0.2, -0.15) is 0 Å². The molecule has 0 aromatic carbocycles. The van der Waals surface area contributed by atoms with Gasteiger partial charge >= 0.3 is 11.9 Å². The highest BCUT2D eigenvalue weighted by molar-refractivity contribution is 5.70. The first-order valence-electron chi connectivity index (χ1n) is 10.6. The van der Waals surface area contributed by atoms with Crippen LogP contribution in [0.1, 0.15) is 104 Å². The molecule has 0 spiro atoms. The summed E-state index contributed by atoms with van der Waals surface area (Å²) in [4.78, 5) is 23.4. The minimum absolute atomic E-state index is 0.0632. The quantitative estimate of drug-likeness (QED) is 0.273. The Hall–Kier alpha value is -1.10. The Morgan fingerprint density at radius 2 is 1.19 bits per heavy atom. The van der Waals surface area contributed by atoms with Crippen molar-refractivity contribution in [2.24, 2.45) is 0 Å². The number of aliphatic hydroxyl groups is 1. The van der Waals surface area contributed by atoms with Gasteiger partial charge in [0.2, 0.25) is 0 Å². The summed E-state index contributed by atoms with van der Waals surface area (Å²) in [5.74, 6) is -0.618. The Morgan fingerprint density at radius 3 is 1.73 bits per heavy atom. The van der Waals surface area contributed by atoms with E-state index in [0.29, 0.717) is 12.8 Å². The first kappa shape index (κ1) is 24.9. The van der Waals surface area contributed by atoms with Crippen LogP contribution in [0.5, 0.6) is 0 Å². The van der Waals surface area contributed by atoms with Crippen LogP contribution in [0.15, 0.2) is 0 Å². The Balaban J connectivity index is 3.67. The van der Waals surface area contributed by atoms with Crippen LogP contribution < -0.4 is 0 Å². The summed E-state index contributed by atoms with van der Waals surface area (Å²) in [6.45, 7) is 3.94. The first-order chi connectivity index (χ1) is 12.6. The molecule has 0 amide bonds. The second kappa shape index (κ2) is 18.7. The summed E-state index contributed by atoms with van der Waals surface area (Å²) in [5, 5.41) is 9.28. The molecule has 0 aromatic heterocycles. The molecule has 0 saturated heterocycles. The minimum Gasteiger partial charge on any atom is -0.462 e. The van der Waals surface area contributed by atoms with Gasteiger partial charge in [0.25, 0.3) is 0 Å². The van der Waals surface area contributed by atoms with E-state index in [-0.39, 0.29) is 25.2 Å². The van der Waals surface area contributed by atoms with Gasteiger partial charge in [-0.1, -0.05) is 78.1 Å². The predicted octanol–water partition coefficient (Wildman–Crippen LogP) is 4.93. The van der Waals surface area contributed by atoms with E-state index in [0.717, 1.165) is 44.9 Å². The normalized spacial score (nSPS) is 12.0. The Morgan fingerprint density at radius 1 is 0.731 bits per heavy atom. The molecule has 0 heterocycles. The molecule has 1 N–H and O–H groups in total. The summed E-state index contributed by atoms with van der Waals surface area (Å²) in [5.41, 5.74) is 0. The van der Waals surface area contributed by atoms with Gasteiger partial charge in [0, 0.05) is 12.8 Å². The molecule has 154 valence electrons. The smallest absolute Gasteiger partial charge is 0.306 e. The van der Waals surface area contributed by atoms with Gasteiger partial charge in [0.1, 0.15) is 6.61 Å². The zero-order valence-electron chi connectivity index (χ0n) is 17.0. The van der Waals surface area contributed by atoms with E-state index < -0.39 is 6.10 Å². The zero-order valence-corrected chi connectivity index (χ0v) is 17.0. The number of aliphatic hydroxyl groups excluding tert-OH is 1. The predicted molar refractivity (Wildman–Crippen MR) is 104 cm³/mol. The van der Waals surface area contributed by atoms with Gasteiger partial charge < -0.3 is 14.6 Å². The number of carbonyl (C=O) groups is 2. The third-order valence-corrected chi connectivity index (χ3v) is 4.40. The van der Waals surface area contributed by atoms with Crippen LogP contribution >= 0.6 is 0 Å². The minimum atomic E-state index is -0.754. The van der Waals surface area contributed by atoms with Crippen molar-refractivity contribution >= 4 is 11.9 Å². The van der Waals surface area contributed by atoms with Crippen LogP contribution in [0.3, 0.4) is 0 Å². The van der Waals surface area contributed by atoms with Gasteiger partial charge in [-0.15, -0.1) is 0 Å². The first-order valence-corrected chi connectivity index (χ1v) is 10.6. The lowest BCUT2D eigenvalue weighted by molar-refractivity contribution is -0.161. The molecule has 0 saturated carbocycles. The maximum absolute atomic E-state index is 11.8. The zero-order chi connectivity index (χ0) is 19.5. The summed E-state index contributed by atoms with van der Waals surface area (Å²) in [7, 11) is 0. The van der Waals surface area contributed by atoms with E-state index in [4.69, 9.17) is 9.47 Å². The third-order valence-electron chi connectivity index (χ3n) is 4.40. The number of carbonyl (C=O) groups excluding carboxylic acids is 2. The van der Waals surface area contributed by atoms with E-state index in [1.807, 2.05) is 0 Å². The number of rotatable bonds is 18. The molecule has 5 nitrogen and oxygen atoms in total. The molecule has 1 atom stereocenters. The standard InChI is InChI=1S/C21H40O5/c1-3-5-7-9-10-11-12-14-16-21(24)26-19(17-22)18-25-20(23)15-13-8-6-4-2/h19,22H,3-18H2,1-2H3. The van der Waals surface area contributed by atoms with Crippen LogP contribution in [-0.2, 0) is 19.1 Å². The molecular weight excluding hydrogens is 332 g/mol. The summed E-state index contributed by atoms with van der Waals surface area (Å²) in [6.07, 6.45) is 13.4. The second-order valence-electron chi connectivity index (χ2n) is 7.01. The fraction of sp³-hybridized carbons (Fsp3) is 0.905. The van der Waals surface area contributed by atoms with E-state index >= 15 is 0 Å². The van der Waals surface area contributed by atoms with Crippen molar-refractivity contribution in [3.63, 3.8) is 0 Å².